The third-order valence-corrected chi connectivity index (χ3v) is 8.07. The van der Waals surface area contributed by atoms with Crippen LogP contribution in [-0.2, 0) is 10.2 Å². The van der Waals surface area contributed by atoms with Crippen molar-refractivity contribution in [2.45, 2.75) is 26.2 Å². The first-order valence-corrected chi connectivity index (χ1v) is 14.3. The Balaban J connectivity index is 1.93. The van der Waals surface area contributed by atoms with Crippen molar-refractivity contribution in [2.75, 3.05) is 20.3 Å². The molecule has 7 heteroatoms. The van der Waals surface area contributed by atoms with E-state index in [2.05, 4.69) is 92.5 Å². The standard InChI is InChI=1S/C32H28Br2O5/c1-5-37-28-17-20(15-26(33)30(28)36-4)32(21-16-27(34)31(39-19(3)35)29(18-21)38-6-2)24-13-9-7-11-22(24)23-12-8-10-14-25(23)32/h7-18H,5-6H2,1-4H3. The molecule has 1 aliphatic carbocycles. The van der Waals surface area contributed by atoms with E-state index in [4.69, 9.17) is 18.9 Å². The number of fused-ring (bicyclic) bond motifs is 3. The fourth-order valence-corrected chi connectivity index (χ4v) is 6.69. The number of carbonyl (C=O) groups excluding carboxylic acids is 1. The molecule has 4 aromatic rings. The number of esters is 1. The van der Waals surface area contributed by atoms with Gasteiger partial charge in [-0.25, -0.2) is 0 Å². The summed E-state index contributed by atoms with van der Waals surface area (Å²) in [7, 11) is 1.64. The van der Waals surface area contributed by atoms with Crippen molar-refractivity contribution in [1.82, 2.24) is 0 Å². The fraction of sp³-hybridized carbons (Fsp3) is 0.219. The summed E-state index contributed by atoms with van der Waals surface area (Å²) in [6.07, 6.45) is 0. The zero-order valence-corrected chi connectivity index (χ0v) is 25.3. The highest BCUT2D eigenvalue weighted by molar-refractivity contribution is 9.11. The molecule has 4 aromatic carbocycles. The molecule has 200 valence electrons. The molecule has 0 atom stereocenters. The smallest absolute Gasteiger partial charge is 0.308 e. The van der Waals surface area contributed by atoms with Crippen LogP contribution in [0.3, 0.4) is 0 Å². The van der Waals surface area contributed by atoms with Crippen LogP contribution < -0.4 is 18.9 Å². The minimum Gasteiger partial charge on any atom is -0.492 e. The van der Waals surface area contributed by atoms with Gasteiger partial charge in [-0.05, 0) is 103 Å². The van der Waals surface area contributed by atoms with Gasteiger partial charge >= 0.3 is 5.97 Å². The van der Waals surface area contributed by atoms with E-state index < -0.39 is 11.4 Å². The van der Waals surface area contributed by atoms with Crippen molar-refractivity contribution in [3.05, 3.63) is 104 Å². The molecule has 5 rings (SSSR count). The summed E-state index contributed by atoms with van der Waals surface area (Å²) in [6, 6.07) is 25.0. The lowest BCUT2D eigenvalue weighted by Gasteiger charge is -2.35. The molecule has 39 heavy (non-hydrogen) atoms. The molecule has 5 nitrogen and oxygen atoms in total. The van der Waals surface area contributed by atoms with Gasteiger partial charge in [-0.15, -0.1) is 0 Å². The second-order valence-electron chi connectivity index (χ2n) is 9.08. The topological polar surface area (TPSA) is 54.0 Å². The second-order valence-corrected chi connectivity index (χ2v) is 10.8. The monoisotopic (exact) mass is 650 g/mol. The Morgan fingerprint density at radius 3 is 1.67 bits per heavy atom. The molecule has 0 amide bonds. The van der Waals surface area contributed by atoms with E-state index in [0.29, 0.717) is 40.7 Å². The number of hydrogen-bond acceptors (Lipinski definition) is 5. The van der Waals surface area contributed by atoms with Crippen LogP contribution in [-0.4, -0.2) is 26.3 Å². The number of ether oxygens (including phenoxy) is 4. The van der Waals surface area contributed by atoms with Gasteiger partial charge in [-0.1, -0.05) is 48.5 Å². The number of halogens is 2. The number of carbonyl (C=O) groups is 1. The average molecular weight is 652 g/mol. The Hall–Kier alpha value is -3.29. The molecule has 0 fully saturated rings. The fourth-order valence-electron chi connectivity index (χ4n) is 5.56. The lowest BCUT2D eigenvalue weighted by molar-refractivity contribution is -0.132. The van der Waals surface area contributed by atoms with Gasteiger partial charge in [0.1, 0.15) is 0 Å². The van der Waals surface area contributed by atoms with Gasteiger partial charge < -0.3 is 18.9 Å². The average Bonchev–Trinajstić information content (AvgIpc) is 3.22. The highest BCUT2D eigenvalue weighted by Crippen LogP contribution is 2.58. The van der Waals surface area contributed by atoms with Gasteiger partial charge in [0.15, 0.2) is 23.0 Å². The van der Waals surface area contributed by atoms with Crippen molar-refractivity contribution < 1.29 is 23.7 Å². The van der Waals surface area contributed by atoms with Gasteiger partial charge in [-0.2, -0.15) is 0 Å². The maximum absolute atomic E-state index is 11.9. The van der Waals surface area contributed by atoms with E-state index >= 15 is 0 Å². The molecule has 0 aromatic heterocycles. The van der Waals surface area contributed by atoms with Crippen LogP contribution >= 0.6 is 31.9 Å². The molecule has 0 radical (unpaired) electrons. The maximum Gasteiger partial charge on any atom is 0.308 e. The highest BCUT2D eigenvalue weighted by Gasteiger charge is 2.47. The van der Waals surface area contributed by atoms with Crippen LogP contribution in [0.4, 0.5) is 0 Å². The first-order valence-electron chi connectivity index (χ1n) is 12.7. The van der Waals surface area contributed by atoms with E-state index in [1.807, 2.05) is 26.0 Å². The van der Waals surface area contributed by atoms with Crippen molar-refractivity contribution in [3.63, 3.8) is 0 Å². The first kappa shape index (κ1) is 27.3. The normalized spacial score (nSPS) is 12.9. The third kappa shape index (κ3) is 4.51. The largest absolute Gasteiger partial charge is 0.492 e. The summed E-state index contributed by atoms with van der Waals surface area (Å²) in [5.74, 6) is 1.70. The van der Waals surface area contributed by atoms with E-state index in [9.17, 15) is 4.79 Å². The van der Waals surface area contributed by atoms with Crippen LogP contribution in [0.2, 0.25) is 0 Å². The molecule has 0 bridgehead atoms. The van der Waals surface area contributed by atoms with Crippen molar-refractivity contribution >= 4 is 37.8 Å². The molecule has 0 heterocycles. The van der Waals surface area contributed by atoms with Crippen LogP contribution in [0.1, 0.15) is 43.0 Å². The van der Waals surface area contributed by atoms with Gasteiger partial charge in [0.05, 0.1) is 34.7 Å². The molecule has 0 saturated carbocycles. The van der Waals surface area contributed by atoms with Crippen molar-refractivity contribution in [3.8, 4) is 34.1 Å². The summed E-state index contributed by atoms with van der Waals surface area (Å²) in [6.45, 7) is 6.14. The molecular weight excluding hydrogens is 624 g/mol. The summed E-state index contributed by atoms with van der Waals surface area (Å²) in [5, 5.41) is 0. The number of hydrogen-bond donors (Lipinski definition) is 0. The van der Waals surface area contributed by atoms with Crippen molar-refractivity contribution in [2.24, 2.45) is 0 Å². The number of benzene rings is 4. The van der Waals surface area contributed by atoms with Crippen LogP contribution in [0.5, 0.6) is 23.0 Å². The molecule has 0 N–H and O–H groups in total. The Morgan fingerprint density at radius 2 is 1.21 bits per heavy atom. The SMILES string of the molecule is CCOc1cc(C2(c3cc(Br)c(OC(C)=O)c(OCC)c3)c3ccccc3-c3ccccc32)cc(Br)c1OC. The summed E-state index contributed by atoms with van der Waals surface area (Å²) >= 11 is 7.43. The predicted molar refractivity (Wildman–Crippen MR) is 159 cm³/mol. The van der Waals surface area contributed by atoms with Gasteiger partial charge in [-0.3, -0.25) is 4.79 Å². The molecule has 0 unspecified atom stereocenters. The van der Waals surface area contributed by atoms with Crippen LogP contribution in [0.25, 0.3) is 11.1 Å². The summed E-state index contributed by atoms with van der Waals surface area (Å²) in [5.41, 5.74) is 5.75. The van der Waals surface area contributed by atoms with Crippen molar-refractivity contribution in [1.29, 1.82) is 0 Å². The molecular formula is C32H28Br2O5. The molecule has 0 spiro atoms. The van der Waals surface area contributed by atoms with Gasteiger partial charge in [0, 0.05) is 6.92 Å². The first-order chi connectivity index (χ1) is 18.9. The minimum atomic E-state index is -0.739. The second kappa shape index (κ2) is 11.1. The van der Waals surface area contributed by atoms with E-state index in [1.54, 1.807) is 7.11 Å². The lowest BCUT2D eigenvalue weighted by Crippen LogP contribution is -2.29. The van der Waals surface area contributed by atoms with E-state index in [0.717, 1.165) is 37.9 Å². The summed E-state index contributed by atoms with van der Waals surface area (Å²) < 4.78 is 24.8. The Kier molecular flexibility index (Phi) is 7.74. The Labute approximate surface area is 245 Å². The maximum atomic E-state index is 11.9. The number of methoxy groups -OCH3 is 1. The quantitative estimate of drug-likeness (QED) is 0.125. The van der Waals surface area contributed by atoms with Crippen LogP contribution in [0, 0.1) is 0 Å². The van der Waals surface area contributed by atoms with Crippen LogP contribution in [0.15, 0.2) is 81.7 Å². The third-order valence-electron chi connectivity index (χ3n) is 6.89. The zero-order valence-electron chi connectivity index (χ0n) is 22.1. The Morgan fingerprint density at radius 1 is 0.744 bits per heavy atom. The molecule has 0 aliphatic heterocycles. The van der Waals surface area contributed by atoms with Gasteiger partial charge in [0.2, 0.25) is 0 Å². The minimum absolute atomic E-state index is 0.355. The van der Waals surface area contributed by atoms with E-state index in [-0.39, 0.29) is 0 Å². The highest BCUT2D eigenvalue weighted by atomic mass is 79.9. The molecule has 1 aliphatic rings. The van der Waals surface area contributed by atoms with E-state index in [1.165, 1.54) is 6.92 Å². The summed E-state index contributed by atoms with van der Waals surface area (Å²) in [4.78, 5) is 11.9. The zero-order chi connectivity index (χ0) is 27.7. The predicted octanol–water partition coefficient (Wildman–Crippen LogP) is 8.31. The number of rotatable bonds is 8. The molecule has 0 saturated heterocycles. The Bertz CT molecular complexity index is 1520. The van der Waals surface area contributed by atoms with Gasteiger partial charge in [0.25, 0.3) is 0 Å². The lowest BCUT2D eigenvalue weighted by atomic mass is 9.67.